The number of carbonyl (C=O) groups is 2. The standard InChI is InChI=1S/C28H31FN2O4S/c1-19(2)16-30(28(33)20-7-6-8-21(29)15-20)17-27(32)31-13-11-26-22(12-14-36-26)23(31)18-35-25-10-5-4-9-24(25)34-3/h4-10,12,14-15,19,23H,11,13,16-18H2,1-3H3/t23-/m1/s1. The molecule has 0 bridgehead atoms. The molecule has 2 heterocycles. The van der Waals surface area contributed by atoms with Crippen molar-refractivity contribution in [2.45, 2.75) is 26.3 Å². The molecule has 3 aromatic rings. The molecule has 2 amide bonds. The highest BCUT2D eigenvalue weighted by Gasteiger charge is 2.34. The summed E-state index contributed by atoms with van der Waals surface area (Å²) in [6.45, 7) is 5.07. The summed E-state index contributed by atoms with van der Waals surface area (Å²) >= 11 is 1.68. The Labute approximate surface area is 215 Å². The van der Waals surface area contributed by atoms with Gasteiger partial charge in [0.2, 0.25) is 5.91 Å². The van der Waals surface area contributed by atoms with Crippen molar-refractivity contribution >= 4 is 23.2 Å². The Kier molecular flexibility index (Phi) is 8.25. The molecule has 1 aromatic heterocycles. The molecule has 0 N–H and O–H groups in total. The van der Waals surface area contributed by atoms with Gasteiger partial charge in [-0.1, -0.05) is 32.0 Å². The van der Waals surface area contributed by atoms with Gasteiger partial charge in [0.25, 0.3) is 5.91 Å². The first kappa shape index (κ1) is 25.7. The van der Waals surface area contributed by atoms with Gasteiger partial charge in [0.15, 0.2) is 11.5 Å². The summed E-state index contributed by atoms with van der Waals surface area (Å²) in [5.74, 6) is 0.381. The molecule has 2 aromatic carbocycles. The van der Waals surface area contributed by atoms with Crippen molar-refractivity contribution in [3.63, 3.8) is 0 Å². The molecule has 1 aliphatic rings. The van der Waals surface area contributed by atoms with Crippen LogP contribution in [-0.4, -0.2) is 55.0 Å². The maximum atomic E-state index is 13.8. The smallest absolute Gasteiger partial charge is 0.254 e. The number of halogens is 1. The van der Waals surface area contributed by atoms with Crippen molar-refractivity contribution in [1.82, 2.24) is 9.80 Å². The van der Waals surface area contributed by atoms with E-state index >= 15 is 0 Å². The van der Waals surface area contributed by atoms with Crippen LogP contribution in [-0.2, 0) is 11.2 Å². The predicted molar refractivity (Wildman–Crippen MR) is 138 cm³/mol. The number of hydrogen-bond donors (Lipinski definition) is 0. The second-order valence-electron chi connectivity index (χ2n) is 9.20. The molecule has 1 aliphatic heterocycles. The van der Waals surface area contributed by atoms with Crippen LogP contribution in [0.4, 0.5) is 4.39 Å². The summed E-state index contributed by atoms with van der Waals surface area (Å²) in [4.78, 5) is 31.4. The largest absolute Gasteiger partial charge is 0.493 e. The Morgan fingerprint density at radius 3 is 2.64 bits per heavy atom. The van der Waals surface area contributed by atoms with Gasteiger partial charge < -0.3 is 19.3 Å². The first-order valence-electron chi connectivity index (χ1n) is 12.0. The van der Waals surface area contributed by atoms with E-state index in [1.807, 2.05) is 49.6 Å². The number of amides is 2. The zero-order chi connectivity index (χ0) is 25.7. The highest BCUT2D eigenvalue weighted by molar-refractivity contribution is 7.10. The normalized spacial score (nSPS) is 14.9. The Hall–Kier alpha value is -3.39. The lowest BCUT2D eigenvalue weighted by molar-refractivity contribution is -0.135. The van der Waals surface area contributed by atoms with E-state index in [0.717, 1.165) is 12.0 Å². The fraction of sp³-hybridized carbons (Fsp3) is 0.357. The number of carbonyl (C=O) groups excluding carboxylic acids is 2. The summed E-state index contributed by atoms with van der Waals surface area (Å²) in [6, 6.07) is 14.8. The highest BCUT2D eigenvalue weighted by Crippen LogP contribution is 2.35. The molecule has 190 valence electrons. The third-order valence-electron chi connectivity index (χ3n) is 6.15. The van der Waals surface area contributed by atoms with Crippen molar-refractivity contribution in [3.8, 4) is 11.5 Å². The van der Waals surface area contributed by atoms with Crippen LogP contribution in [0.2, 0.25) is 0 Å². The predicted octanol–water partition coefficient (Wildman–Crippen LogP) is 5.20. The molecule has 0 spiro atoms. The lowest BCUT2D eigenvalue weighted by Gasteiger charge is -2.37. The maximum absolute atomic E-state index is 13.8. The average molecular weight is 511 g/mol. The molecule has 0 unspecified atom stereocenters. The average Bonchev–Trinajstić information content (AvgIpc) is 3.35. The minimum atomic E-state index is -0.480. The highest BCUT2D eigenvalue weighted by atomic mass is 32.1. The van der Waals surface area contributed by atoms with E-state index in [9.17, 15) is 14.0 Å². The summed E-state index contributed by atoms with van der Waals surface area (Å²) in [6.07, 6.45) is 0.756. The number of fused-ring (bicyclic) bond motifs is 1. The molecule has 8 heteroatoms. The minimum Gasteiger partial charge on any atom is -0.493 e. The Bertz CT molecular complexity index is 1210. The van der Waals surface area contributed by atoms with E-state index in [4.69, 9.17) is 9.47 Å². The second-order valence-corrected chi connectivity index (χ2v) is 10.2. The van der Waals surface area contributed by atoms with E-state index < -0.39 is 5.82 Å². The molecule has 0 radical (unpaired) electrons. The molecule has 0 fully saturated rings. The van der Waals surface area contributed by atoms with Crippen LogP contribution >= 0.6 is 11.3 Å². The van der Waals surface area contributed by atoms with Gasteiger partial charge in [-0.2, -0.15) is 0 Å². The number of ether oxygens (including phenoxy) is 2. The Morgan fingerprint density at radius 1 is 1.14 bits per heavy atom. The number of benzene rings is 2. The summed E-state index contributed by atoms with van der Waals surface area (Å²) in [5, 5.41) is 2.04. The van der Waals surface area contributed by atoms with E-state index in [2.05, 4.69) is 0 Å². The van der Waals surface area contributed by atoms with Crippen LogP contribution in [0.5, 0.6) is 11.5 Å². The number of methoxy groups -OCH3 is 1. The van der Waals surface area contributed by atoms with Crippen LogP contribution in [0, 0.1) is 11.7 Å². The lowest BCUT2D eigenvalue weighted by atomic mass is 10.00. The number of rotatable bonds is 9. The first-order valence-corrected chi connectivity index (χ1v) is 12.9. The van der Waals surface area contributed by atoms with Crippen LogP contribution in [0.3, 0.4) is 0 Å². The fourth-order valence-electron chi connectivity index (χ4n) is 4.50. The zero-order valence-corrected chi connectivity index (χ0v) is 21.6. The van der Waals surface area contributed by atoms with Crippen LogP contribution in [0.15, 0.2) is 60.0 Å². The third kappa shape index (κ3) is 5.87. The minimum absolute atomic E-state index is 0.0852. The van der Waals surface area contributed by atoms with Gasteiger partial charge in [0.05, 0.1) is 13.2 Å². The van der Waals surface area contributed by atoms with Crippen molar-refractivity contribution in [2.24, 2.45) is 5.92 Å². The van der Waals surface area contributed by atoms with Crippen molar-refractivity contribution < 1.29 is 23.5 Å². The van der Waals surface area contributed by atoms with Gasteiger partial charge in [0, 0.05) is 23.5 Å². The van der Waals surface area contributed by atoms with Crippen LogP contribution in [0.25, 0.3) is 0 Å². The molecule has 0 aliphatic carbocycles. The summed E-state index contributed by atoms with van der Waals surface area (Å²) in [7, 11) is 1.59. The molecule has 1 atom stereocenters. The second kappa shape index (κ2) is 11.6. The monoisotopic (exact) mass is 510 g/mol. The molecule has 0 saturated heterocycles. The van der Waals surface area contributed by atoms with Crippen molar-refractivity contribution in [2.75, 3.05) is 33.4 Å². The van der Waals surface area contributed by atoms with E-state index in [1.165, 1.54) is 28.0 Å². The van der Waals surface area contributed by atoms with Gasteiger partial charge >= 0.3 is 0 Å². The fourth-order valence-corrected chi connectivity index (χ4v) is 5.43. The number of para-hydroxylation sites is 2. The van der Waals surface area contributed by atoms with Gasteiger partial charge in [-0.3, -0.25) is 9.59 Å². The number of hydrogen-bond acceptors (Lipinski definition) is 5. The van der Waals surface area contributed by atoms with Gasteiger partial charge in [-0.25, -0.2) is 4.39 Å². The molecular weight excluding hydrogens is 479 g/mol. The molecular formula is C28H31FN2O4S. The van der Waals surface area contributed by atoms with Crippen LogP contribution in [0.1, 0.15) is 40.7 Å². The Morgan fingerprint density at radius 2 is 1.92 bits per heavy atom. The molecule has 36 heavy (non-hydrogen) atoms. The molecule has 4 rings (SSSR count). The maximum Gasteiger partial charge on any atom is 0.254 e. The summed E-state index contributed by atoms with van der Waals surface area (Å²) < 4.78 is 25.3. The van der Waals surface area contributed by atoms with Crippen LogP contribution < -0.4 is 9.47 Å². The van der Waals surface area contributed by atoms with E-state index in [0.29, 0.717) is 24.6 Å². The quantitative estimate of drug-likeness (QED) is 0.397. The van der Waals surface area contributed by atoms with Gasteiger partial charge in [0.1, 0.15) is 19.0 Å². The SMILES string of the molecule is COc1ccccc1OC[C@@H]1c2ccsc2CCN1C(=O)CN(CC(C)C)C(=O)c1cccc(F)c1. The van der Waals surface area contributed by atoms with Gasteiger partial charge in [-0.15, -0.1) is 11.3 Å². The zero-order valence-electron chi connectivity index (χ0n) is 20.8. The van der Waals surface area contributed by atoms with Gasteiger partial charge in [-0.05, 0) is 59.7 Å². The molecule has 6 nitrogen and oxygen atoms in total. The van der Waals surface area contributed by atoms with Crippen molar-refractivity contribution in [3.05, 3.63) is 81.8 Å². The lowest BCUT2D eigenvalue weighted by Crippen LogP contribution is -2.48. The number of thiophene rings is 1. The van der Waals surface area contributed by atoms with E-state index in [1.54, 1.807) is 29.4 Å². The van der Waals surface area contributed by atoms with Crippen molar-refractivity contribution in [1.29, 1.82) is 0 Å². The summed E-state index contributed by atoms with van der Waals surface area (Å²) in [5.41, 5.74) is 1.31. The van der Waals surface area contributed by atoms with E-state index in [-0.39, 0.29) is 42.5 Å². The first-order chi connectivity index (χ1) is 17.4. The Balaban J connectivity index is 1.55. The third-order valence-corrected chi connectivity index (χ3v) is 7.15. The number of nitrogens with zero attached hydrogens (tertiary/aromatic N) is 2. The molecule has 0 saturated carbocycles. The topological polar surface area (TPSA) is 59.1 Å².